The Hall–Kier alpha value is -2.43. The van der Waals surface area contributed by atoms with Crippen molar-refractivity contribution in [1.82, 2.24) is 10.3 Å². The zero-order valence-corrected chi connectivity index (χ0v) is 11.4. The van der Waals surface area contributed by atoms with Gasteiger partial charge < -0.3 is 10.2 Å². The van der Waals surface area contributed by atoms with Gasteiger partial charge in [0.2, 0.25) is 0 Å². The van der Waals surface area contributed by atoms with Crippen LogP contribution in [0.3, 0.4) is 0 Å². The Balaban J connectivity index is 2.00. The predicted molar refractivity (Wildman–Crippen MR) is 76.1 cm³/mol. The van der Waals surface area contributed by atoms with E-state index in [1.807, 2.05) is 19.0 Å². The van der Waals surface area contributed by atoms with Crippen LogP contribution in [0.25, 0.3) is 0 Å². The Labute approximate surface area is 117 Å². The van der Waals surface area contributed by atoms with Crippen LogP contribution >= 0.6 is 0 Å². The van der Waals surface area contributed by atoms with Crippen molar-refractivity contribution < 1.29 is 9.18 Å². The molecule has 1 amide bonds. The van der Waals surface area contributed by atoms with E-state index < -0.39 is 0 Å². The Morgan fingerprint density at radius 2 is 2.00 bits per heavy atom. The molecular formula is C15H16FN3O. The number of aromatic nitrogens is 1. The molecule has 0 fully saturated rings. The zero-order valence-electron chi connectivity index (χ0n) is 11.4. The van der Waals surface area contributed by atoms with Gasteiger partial charge in [-0.25, -0.2) is 9.37 Å². The number of amides is 1. The monoisotopic (exact) mass is 273 g/mol. The van der Waals surface area contributed by atoms with Crippen LogP contribution in [0.1, 0.15) is 15.9 Å². The molecule has 0 aliphatic rings. The van der Waals surface area contributed by atoms with E-state index >= 15 is 0 Å². The second kappa shape index (κ2) is 6.14. The van der Waals surface area contributed by atoms with Crippen molar-refractivity contribution >= 4 is 11.7 Å². The van der Waals surface area contributed by atoms with Crippen molar-refractivity contribution in [2.45, 2.75) is 6.54 Å². The van der Waals surface area contributed by atoms with E-state index in [0.29, 0.717) is 11.1 Å². The number of anilines is 1. The number of benzene rings is 1. The Morgan fingerprint density at radius 3 is 2.60 bits per heavy atom. The number of rotatable bonds is 4. The highest BCUT2D eigenvalue weighted by Crippen LogP contribution is 2.09. The zero-order chi connectivity index (χ0) is 14.5. The number of halogens is 1. The summed E-state index contributed by atoms with van der Waals surface area (Å²) in [5.41, 5.74) is 0.908. The number of hydrogen-bond donors (Lipinski definition) is 1. The molecule has 0 aliphatic heterocycles. The summed E-state index contributed by atoms with van der Waals surface area (Å²) in [6, 6.07) is 9.82. The fraction of sp³-hybridized carbons (Fsp3) is 0.200. The number of carbonyl (C=O) groups excluding carboxylic acids is 1. The maximum absolute atomic E-state index is 13.4. The van der Waals surface area contributed by atoms with Crippen molar-refractivity contribution in [1.29, 1.82) is 0 Å². The van der Waals surface area contributed by atoms with Crippen molar-refractivity contribution in [2.24, 2.45) is 0 Å². The topological polar surface area (TPSA) is 45.2 Å². The van der Waals surface area contributed by atoms with E-state index in [1.165, 1.54) is 12.3 Å². The van der Waals surface area contributed by atoms with Crippen molar-refractivity contribution in [3.8, 4) is 0 Å². The van der Waals surface area contributed by atoms with E-state index in [2.05, 4.69) is 10.3 Å². The molecule has 1 heterocycles. The standard InChI is InChI=1S/C15H16FN3O/c1-19(2)14-8-7-12(10-17-14)15(20)18-9-11-5-3-4-6-13(11)16/h3-8,10H,9H2,1-2H3,(H,18,20). The molecule has 104 valence electrons. The van der Waals surface area contributed by atoms with Crippen LogP contribution in [0.2, 0.25) is 0 Å². The van der Waals surface area contributed by atoms with E-state index in [4.69, 9.17) is 0 Å². The summed E-state index contributed by atoms with van der Waals surface area (Å²) in [5, 5.41) is 2.67. The van der Waals surface area contributed by atoms with Gasteiger partial charge in [0.15, 0.2) is 0 Å². The molecular weight excluding hydrogens is 257 g/mol. The van der Waals surface area contributed by atoms with Crippen LogP contribution in [0.15, 0.2) is 42.6 Å². The minimum Gasteiger partial charge on any atom is -0.363 e. The number of pyridine rings is 1. The molecule has 0 saturated carbocycles. The summed E-state index contributed by atoms with van der Waals surface area (Å²) in [4.78, 5) is 17.9. The minimum absolute atomic E-state index is 0.154. The van der Waals surface area contributed by atoms with Gasteiger partial charge >= 0.3 is 0 Å². The number of hydrogen-bond acceptors (Lipinski definition) is 3. The van der Waals surface area contributed by atoms with Gasteiger partial charge in [-0.05, 0) is 18.2 Å². The predicted octanol–water partition coefficient (Wildman–Crippen LogP) is 2.22. The first-order chi connectivity index (χ1) is 9.58. The quantitative estimate of drug-likeness (QED) is 0.929. The molecule has 0 atom stereocenters. The summed E-state index contributed by atoms with van der Waals surface area (Å²) in [6.07, 6.45) is 1.51. The van der Waals surface area contributed by atoms with E-state index in [9.17, 15) is 9.18 Å². The summed E-state index contributed by atoms with van der Waals surface area (Å²) < 4.78 is 13.4. The maximum Gasteiger partial charge on any atom is 0.253 e. The van der Waals surface area contributed by atoms with Crippen LogP contribution < -0.4 is 10.2 Å². The van der Waals surface area contributed by atoms with Gasteiger partial charge in [-0.3, -0.25) is 4.79 Å². The normalized spacial score (nSPS) is 10.2. The van der Waals surface area contributed by atoms with Crippen molar-refractivity contribution in [3.63, 3.8) is 0 Å². The van der Waals surface area contributed by atoms with E-state index in [1.54, 1.807) is 30.3 Å². The molecule has 4 nitrogen and oxygen atoms in total. The van der Waals surface area contributed by atoms with Gasteiger partial charge in [0, 0.05) is 32.4 Å². The summed E-state index contributed by atoms with van der Waals surface area (Å²) in [7, 11) is 3.75. The van der Waals surface area contributed by atoms with Gasteiger partial charge in [0.1, 0.15) is 11.6 Å². The lowest BCUT2D eigenvalue weighted by Gasteiger charge is -2.11. The number of carbonyl (C=O) groups is 1. The van der Waals surface area contributed by atoms with Crippen LogP contribution in [-0.2, 0) is 6.54 Å². The molecule has 5 heteroatoms. The summed E-state index contributed by atoms with van der Waals surface area (Å²) in [5.74, 6) is 0.176. The van der Waals surface area contributed by atoms with Crippen LogP contribution in [0, 0.1) is 5.82 Å². The van der Waals surface area contributed by atoms with Crippen molar-refractivity contribution in [3.05, 3.63) is 59.5 Å². The molecule has 0 spiro atoms. The Bertz CT molecular complexity index is 596. The largest absolute Gasteiger partial charge is 0.363 e. The number of nitrogens with one attached hydrogen (secondary N) is 1. The first-order valence-corrected chi connectivity index (χ1v) is 6.23. The number of nitrogens with zero attached hydrogens (tertiary/aromatic N) is 2. The van der Waals surface area contributed by atoms with Crippen LogP contribution in [0.4, 0.5) is 10.2 Å². The smallest absolute Gasteiger partial charge is 0.253 e. The lowest BCUT2D eigenvalue weighted by Crippen LogP contribution is -2.23. The van der Waals surface area contributed by atoms with Gasteiger partial charge in [-0.2, -0.15) is 0 Å². The molecule has 1 N–H and O–H groups in total. The Kier molecular flexibility index (Phi) is 4.30. The summed E-state index contributed by atoms with van der Waals surface area (Å²) >= 11 is 0. The van der Waals surface area contributed by atoms with Gasteiger partial charge in [-0.15, -0.1) is 0 Å². The highest BCUT2D eigenvalue weighted by Gasteiger charge is 2.08. The maximum atomic E-state index is 13.4. The van der Waals surface area contributed by atoms with Crippen molar-refractivity contribution in [2.75, 3.05) is 19.0 Å². The minimum atomic E-state index is -0.325. The average Bonchev–Trinajstić information content (AvgIpc) is 2.46. The fourth-order valence-corrected chi connectivity index (χ4v) is 1.70. The van der Waals surface area contributed by atoms with E-state index in [-0.39, 0.29) is 18.3 Å². The van der Waals surface area contributed by atoms with Gasteiger partial charge in [0.05, 0.1) is 5.56 Å². The third kappa shape index (κ3) is 3.32. The molecule has 20 heavy (non-hydrogen) atoms. The second-order valence-corrected chi connectivity index (χ2v) is 4.57. The molecule has 0 radical (unpaired) electrons. The first kappa shape index (κ1) is 14.0. The van der Waals surface area contributed by atoms with Gasteiger partial charge in [-0.1, -0.05) is 18.2 Å². The molecule has 0 aliphatic carbocycles. The molecule has 2 aromatic rings. The average molecular weight is 273 g/mol. The molecule has 0 saturated heterocycles. The molecule has 1 aromatic carbocycles. The van der Waals surface area contributed by atoms with Crippen LogP contribution in [-0.4, -0.2) is 25.0 Å². The molecule has 1 aromatic heterocycles. The third-order valence-corrected chi connectivity index (χ3v) is 2.87. The third-order valence-electron chi connectivity index (χ3n) is 2.87. The first-order valence-electron chi connectivity index (χ1n) is 6.23. The fourth-order valence-electron chi connectivity index (χ4n) is 1.70. The highest BCUT2D eigenvalue weighted by molar-refractivity contribution is 5.94. The SMILES string of the molecule is CN(C)c1ccc(C(=O)NCc2ccccc2F)cn1. The molecule has 0 bridgehead atoms. The van der Waals surface area contributed by atoms with E-state index in [0.717, 1.165) is 5.82 Å². The van der Waals surface area contributed by atoms with Gasteiger partial charge in [0.25, 0.3) is 5.91 Å². The second-order valence-electron chi connectivity index (χ2n) is 4.57. The Morgan fingerprint density at radius 1 is 1.25 bits per heavy atom. The summed E-state index contributed by atoms with van der Waals surface area (Å²) in [6.45, 7) is 0.154. The molecule has 0 unspecified atom stereocenters. The lowest BCUT2D eigenvalue weighted by atomic mass is 10.2. The highest BCUT2D eigenvalue weighted by atomic mass is 19.1. The molecule has 2 rings (SSSR count). The van der Waals surface area contributed by atoms with Crippen LogP contribution in [0.5, 0.6) is 0 Å². The lowest BCUT2D eigenvalue weighted by molar-refractivity contribution is 0.0950.